The molecule has 106 valence electrons. The number of likely N-dealkylation sites (tertiary alicyclic amines) is 1. The van der Waals surface area contributed by atoms with Crippen molar-refractivity contribution in [2.75, 3.05) is 26.7 Å². The van der Waals surface area contributed by atoms with Gasteiger partial charge in [-0.1, -0.05) is 26.8 Å². The molecule has 1 saturated heterocycles. The molecular weight excluding hydrogens is 236 g/mol. The zero-order chi connectivity index (χ0) is 13.9. The Kier molecular flexibility index (Phi) is 4.46. The predicted octanol–water partition coefficient (Wildman–Crippen LogP) is 3.10. The molecule has 0 aliphatic carbocycles. The van der Waals surface area contributed by atoms with E-state index in [0.29, 0.717) is 5.92 Å². The fraction of sp³-hybridized carbons (Fsp3) is 0.688. The van der Waals surface area contributed by atoms with Gasteiger partial charge in [0.15, 0.2) is 0 Å². The number of nitrogens with zero attached hydrogens (tertiary/aromatic N) is 2. The molecule has 1 aliphatic rings. The Balaban J connectivity index is 1.83. The monoisotopic (exact) mass is 262 g/mol. The third-order valence-electron chi connectivity index (χ3n) is 3.91. The maximum atomic E-state index is 5.82. The number of hydrogen-bond donors (Lipinski definition) is 0. The quantitative estimate of drug-likeness (QED) is 0.837. The van der Waals surface area contributed by atoms with E-state index in [0.717, 1.165) is 12.5 Å². The SMILES string of the molecule is CN1CCC(COc2ccc(C(C)(C)C)cn2)CC1. The van der Waals surface area contributed by atoms with Gasteiger partial charge in [0.25, 0.3) is 0 Å². The fourth-order valence-electron chi connectivity index (χ4n) is 2.34. The average Bonchev–Trinajstić information content (AvgIpc) is 2.37. The lowest BCUT2D eigenvalue weighted by Crippen LogP contribution is -2.32. The Morgan fingerprint density at radius 3 is 2.47 bits per heavy atom. The summed E-state index contributed by atoms with van der Waals surface area (Å²) in [7, 11) is 2.18. The van der Waals surface area contributed by atoms with E-state index in [1.54, 1.807) is 0 Å². The van der Waals surface area contributed by atoms with Crippen molar-refractivity contribution in [3.05, 3.63) is 23.9 Å². The van der Waals surface area contributed by atoms with E-state index in [2.05, 4.69) is 43.8 Å². The van der Waals surface area contributed by atoms with E-state index in [-0.39, 0.29) is 5.41 Å². The van der Waals surface area contributed by atoms with Crippen LogP contribution in [-0.4, -0.2) is 36.6 Å². The normalized spacial score (nSPS) is 18.5. The van der Waals surface area contributed by atoms with Crippen molar-refractivity contribution in [2.24, 2.45) is 5.92 Å². The molecule has 3 heteroatoms. The van der Waals surface area contributed by atoms with Gasteiger partial charge in [0.05, 0.1) is 6.61 Å². The highest BCUT2D eigenvalue weighted by Crippen LogP contribution is 2.23. The molecule has 0 saturated carbocycles. The molecule has 0 unspecified atom stereocenters. The van der Waals surface area contributed by atoms with Crippen LogP contribution in [0.2, 0.25) is 0 Å². The summed E-state index contributed by atoms with van der Waals surface area (Å²) in [5.74, 6) is 1.44. The molecule has 0 N–H and O–H groups in total. The molecular formula is C16H26N2O. The summed E-state index contributed by atoms with van der Waals surface area (Å²) in [6, 6.07) is 4.12. The summed E-state index contributed by atoms with van der Waals surface area (Å²) in [5.41, 5.74) is 1.40. The smallest absolute Gasteiger partial charge is 0.213 e. The first-order valence-corrected chi connectivity index (χ1v) is 7.23. The highest BCUT2D eigenvalue weighted by molar-refractivity contribution is 5.23. The van der Waals surface area contributed by atoms with Crippen LogP contribution in [0.15, 0.2) is 18.3 Å². The van der Waals surface area contributed by atoms with Gasteiger partial charge in [0.1, 0.15) is 0 Å². The molecule has 2 rings (SSSR count). The van der Waals surface area contributed by atoms with Gasteiger partial charge in [-0.2, -0.15) is 0 Å². The molecule has 2 heterocycles. The van der Waals surface area contributed by atoms with Crippen LogP contribution >= 0.6 is 0 Å². The van der Waals surface area contributed by atoms with Gasteiger partial charge in [-0.25, -0.2) is 4.98 Å². The first kappa shape index (κ1) is 14.3. The minimum absolute atomic E-state index is 0.152. The van der Waals surface area contributed by atoms with Gasteiger partial charge in [0, 0.05) is 12.3 Å². The van der Waals surface area contributed by atoms with Gasteiger partial charge in [-0.05, 0) is 49.9 Å². The van der Waals surface area contributed by atoms with E-state index < -0.39 is 0 Å². The van der Waals surface area contributed by atoms with E-state index in [4.69, 9.17) is 4.74 Å². The number of pyridine rings is 1. The minimum Gasteiger partial charge on any atom is -0.477 e. The number of aromatic nitrogens is 1. The van der Waals surface area contributed by atoms with Crippen LogP contribution in [0.4, 0.5) is 0 Å². The summed E-state index contributed by atoms with van der Waals surface area (Å²) in [4.78, 5) is 6.79. The van der Waals surface area contributed by atoms with Crippen LogP contribution in [0.5, 0.6) is 5.88 Å². The summed E-state index contributed by atoms with van der Waals surface area (Å²) in [5, 5.41) is 0. The van der Waals surface area contributed by atoms with Crippen molar-refractivity contribution < 1.29 is 4.74 Å². The molecule has 3 nitrogen and oxygen atoms in total. The molecule has 19 heavy (non-hydrogen) atoms. The second-order valence-electron chi connectivity index (χ2n) is 6.69. The van der Waals surface area contributed by atoms with Crippen molar-refractivity contribution in [1.29, 1.82) is 0 Å². The van der Waals surface area contributed by atoms with Gasteiger partial charge < -0.3 is 9.64 Å². The lowest BCUT2D eigenvalue weighted by molar-refractivity contribution is 0.157. The predicted molar refractivity (Wildman–Crippen MR) is 78.7 cm³/mol. The lowest BCUT2D eigenvalue weighted by Gasteiger charge is -2.28. The van der Waals surface area contributed by atoms with Gasteiger partial charge in [0.2, 0.25) is 5.88 Å². The second kappa shape index (κ2) is 5.91. The number of ether oxygens (including phenoxy) is 1. The van der Waals surface area contributed by atoms with Crippen molar-refractivity contribution in [3.63, 3.8) is 0 Å². The molecule has 0 radical (unpaired) electrons. The third-order valence-corrected chi connectivity index (χ3v) is 3.91. The molecule has 0 spiro atoms. The highest BCUT2D eigenvalue weighted by atomic mass is 16.5. The van der Waals surface area contributed by atoms with Gasteiger partial charge in [-0.15, -0.1) is 0 Å². The van der Waals surface area contributed by atoms with E-state index in [9.17, 15) is 0 Å². The highest BCUT2D eigenvalue weighted by Gasteiger charge is 2.18. The Morgan fingerprint density at radius 2 is 1.95 bits per heavy atom. The Labute approximate surface area is 117 Å². The topological polar surface area (TPSA) is 25.4 Å². The summed E-state index contributed by atoms with van der Waals surface area (Å²) < 4.78 is 5.82. The van der Waals surface area contributed by atoms with E-state index >= 15 is 0 Å². The summed E-state index contributed by atoms with van der Waals surface area (Å²) >= 11 is 0. The van der Waals surface area contributed by atoms with Crippen molar-refractivity contribution in [3.8, 4) is 5.88 Å². The molecule has 0 aromatic carbocycles. The van der Waals surface area contributed by atoms with Crippen molar-refractivity contribution in [1.82, 2.24) is 9.88 Å². The zero-order valence-corrected chi connectivity index (χ0v) is 12.6. The molecule has 0 bridgehead atoms. The molecule has 1 aromatic rings. The largest absolute Gasteiger partial charge is 0.477 e. The van der Waals surface area contributed by atoms with Crippen molar-refractivity contribution in [2.45, 2.75) is 39.0 Å². The van der Waals surface area contributed by atoms with Crippen LogP contribution in [0.25, 0.3) is 0 Å². The van der Waals surface area contributed by atoms with Gasteiger partial charge >= 0.3 is 0 Å². The maximum Gasteiger partial charge on any atom is 0.213 e. The number of piperidine rings is 1. The first-order chi connectivity index (χ1) is 8.95. The first-order valence-electron chi connectivity index (χ1n) is 7.23. The zero-order valence-electron chi connectivity index (χ0n) is 12.6. The van der Waals surface area contributed by atoms with E-state index in [1.807, 2.05) is 12.3 Å². The van der Waals surface area contributed by atoms with Crippen LogP contribution in [0, 0.1) is 5.92 Å². The van der Waals surface area contributed by atoms with Gasteiger partial charge in [-0.3, -0.25) is 0 Å². The van der Waals surface area contributed by atoms with Crippen LogP contribution in [0.1, 0.15) is 39.2 Å². The summed E-state index contributed by atoms with van der Waals surface area (Å²) in [6.07, 6.45) is 4.40. The standard InChI is InChI=1S/C16H26N2O/c1-16(2,3)14-5-6-15(17-11-14)19-12-13-7-9-18(4)10-8-13/h5-6,11,13H,7-10,12H2,1-4H3. The molecule has 0 amide bonds. The molecule has 1 aliphatic heterocycles. The van der Waals surface area contributed by atoms with Crippen LogP contribution < -0.4 is 4.74 Å². The number of hydrogen-bond acceptors (Lipinski definition) is 3. The molecule has 1 aromatic heterocycles. The summed E-state index contributed by atoms with van der Waals surface area (Å²) in [6.45, 7) is 9.76. The molecule has 1 fully saturated rings. The Hall–Kier alpha value is -1.09. The maximum absolute atomic E-state index is 5.82. The Morgan fingerprint density at radius 1 is 1.26 bits per heavy atom. The minimum atomic E-state index is 0.152. The van der Waals surface area contributed by atoms with Crippen molar-refractivity contribution >= 4 is 0 Å². The third kappa shape index (κ3) is 4.20. The lowest BCUT2D eigenvalue weighted by atomic mass is 9.88. The van der Waals surface area contributed by atoms with E-state index in [1.165, 1.54) is 31.5 Å². The molecule has 0 atom stereocenters. The second-order valence-corrected chi connectivity index (χ2v) is 6.69. The number of rotatable bonds is 3. The van der Waals surface area contributed by atoms with Crippen LogP contribution in [-0.2, 0) is 5.41 Å². The fourth-order valence-corrected chi connectivity index (χ4v) is 2.34. The van der Waals surface area contributed by atoms with Crippen LogP contribution in [0.3, 0.4) is 0 Å². The Bertz CT molecular complexity index is 386. The average molecular weight is 262 g/mol.